The Morgan fingerprint density at radius 1 is 0.826 bits per heavy atom. The average molecular weight is 346 g/mol. The van der Waals surface area contributed by atoms with E-state index in [0.717, 1.165) is 16.4 Å². The van der Waals surface area contributed by atoms with Crippen molar-refractivity contribution < 1.29 is 14.0 Å². The van der Waals surface area contributed by atoms with Gasteiger partial charge in [-0.25, -0.2) is 4.39 Å². The fourth-order valence-electron chi connectivity index (χ4n) is 2.37. The van der Waals surface area contributed by atoms with E-state index in [-0.39, 0.29) is 30.2 Å². The quantitative estimate of drug-likeness (QED) is 0.724. The molecule has 0 aromatic heterocycles. The third-order valence-electron chi connectivity index (χ3n) is 3.61. The SMILES string of the molecule is O=C(CCC(=O)c1ccc2c(c1)SCCS2)c1ccc(F)cc1. The van der Waals surface area contributed by atoms with Crippen molar-refractivity contribution in [3.63, 3.8) is 0 Å². The molecule has 0 saturated heterocycles. The molecule has 0 fully saturated rings. The highest BCUT2D eigenvalue weighted by Gasteiger charge is 2.15. The number of hydrogen-bond donors (Lipinski definition) is 0. The summed E-state index contributed by atoms with van der Waals surface area (Å²) >= 11 is 3.58. The fraction of sp³-hybridized carbons (Fsp3) is 0.222. The van der Waals surface area contributed by atoms with Crippen molar-refractivity contribution in [1.82, 2.24) is 0 Å². The summed E-state index contributed by atoms with van der Waals surface area (Å²) in [6.45, 7) is 0. The smallest absolute Gasteiger partial charge is 0.163 e. The van der Waals surface area contributed by atoms with E-state index < -0.39 is 0 Å². The molecule has 0 radical (unpaired) electrons. The van der Waals surface area contributed by atoms with Gasteiger partial charge in [-0.3, -0.25) is 9.59 Å². The number of hydrogen-bond acceptors (Lipinski definition) is 4. The molecule has 0 aliphatic carbocycles. The van der Waals surface area contributed by atoms with E-state index >= 15 is 0 Å². The summed E-state index contributed by atoms with van der Waals surface area (Å²) in [5.74, 6) is 1.61. The molecular formula is C18H15FO2S2. The molecule has 118 valence electrons. The molecule has 5 heteroatoms. The summed E-state index contributed by atoms with van der Waals surface area (Å²) in [6, 6.07) is 11.2. The Kier molecular flexibility index (Phi) is 5.18. The van der Waals surface area contributed by atoms with E-state index in [4.69, 9.17) is 0 Å². The molecule has 0 spiro atoms. The van der Waals surface area contributed by atoms with Crippen LogP contribution in [0.25, 0.3) is 0 Å². The van der Waals surface area contributed by atoms with Crippen LogP contribution in [0.1, 0.15) is 33.6 Å². The molecular weight excluding hydrogens is 331 g/mol. The van der Waals surface area contributed by atoms with Crippen LogP contribution >= 0.6 is 23.5 Å². The summed E-state index contributed by atoms with van der Waals surface area (Å²) in [4.78, 5) is 26.7. The minimum absolute atomic E-state index is 0.0283. The second-order valence-electron chi connectivity index (χ2n) is 5.21. The van der Waals surface area contributed by atoms with Crippen LogP contribution in [-0.4, -0.2) is 23.1 Å². The van der Waals surface area contributed by atoms with E-state index in [1.807, 2.05) is 30.0 Å². The summed E-state index contributed by atoms with van der Waals surface area (Å²) < 4.78 is 12.9. The summed E-state index contributed by atoms with van der Waals surface area (Å²) in [5.41, 5.74) is 1.10. The number of carbonyl (C=O) groups is 2. The standard InChI is InChI=1S/C18H15FO2S2/c19-14-4-1-12(2-5-14)15(20)6-7-16(21)13-3-8-17-18(11-13)23-10-9-22-17/h1-5,8,11H,6-7,9-10H2. The number of ketones is 2. The predicted molar refractivity (Wildman–Crippen MR) is 92.2 cm³/mol. The third kappa shape index (κ3) is 4.03. The van der Waals surface area contributed by atoms with Crippen LogP contribution < -0.4 is 0 Å². The van der Waals surface area contributed by atoms with Crippen molar-refractivity contribution in [2.24, 2.45) is 0 Å². The predicted octanol–water partition coefficient (Wildman–Crippen LogP) is 4.87. The molecule has 0 unspecified atom stereocenters. The van der Waals surface area contributed by atoms with Gasteiger partial charge in [0.15, 0.2) is 11.6 Å². The van der Waals surface area contributed by atoms with E-state index in [1.165, 1.54) is 29.2 Å². The number of fused-ring (bicyclic) bond motifs is 1. The molecule has 1 heterocycles. The Morgan fingerprint density at radius 2 is 1.39 bits per heavy atom. The summed E-state index contributed by atoms with van der Waals surface area (Å²) in [6.07, 6.45) is 0.316. The summed E-state index contributed by atoms with van der Waals surface area (Å²) in [7, 11) is 0. The lowest BCUT2D eigenvalue weighted by molar-refractivity contribution is 0.0917. The molecule has 1 aliphatic rings. The van der Waals surface area contributed by atoms with Crippen LogP contribution in [0.15, 0.2) is 52.3 Å². The van der Waals surface area contributed by atoms with Gasteiger partial charge >= 0.3 is 0 Å². The molecule has 23 heavy (non-hydrogen) atoms. The Balaban J connectivity index is 1.63. The Morgan fingerprint density at radius 3 is 2.09 bits per heavy atom. The van der Waals surface area contributed by atoms with Crippen molar-refractivity contribution in [3.8, 4) is 0 Å². The first-order valence-electron chi connectivity index (χ1n) is 7.35. The Hall–Kier alpha value is -1.59. The van der Waals surface area contributed by atoms with Crippen LogP contribution in [0.3, 0.4) is 0 Å². The highest BCUT2D eigenvalue weighted by Crippen LogP contribution is 2.37. The Labute approximate surface area is 142 Å². The van der Waals surface area contributed by atoms with Crippen LogP contribution in [0.2, 0.25) is 0 Å². The maximum absolute atomic E-state index is 12.9. The zero-order valence-electron chi connectivity index (χ0n) is 12.4. The van der Waals surface area contributed by atoms with Crippen LogP contribution in [0, 0.1) is 5.82 Å². The summed E-state index contributed by atoms with van der Waals surface area (Å²) in [5, 5.41) is 0. The molecule has 2 aromatic carbocycles. The van der Waals surface area contributed by atoms with Gasteiger partial charge in [0.25, 0.3) is 0 Å². The number of rotatable bonds is 5. The highest BCUT2D eigenvalue weighted by atomic mass is 32.2. The van der Waals surface area contributed by atoms with Gasteiger partial charge in [0.05, 0.1) is 0 Å². The second-order valence-corrected chi connectivity index (χ2v) is 7.49. The highest BCUT2D eigenvalue weighted by molar-refractivity contribution is 8.05. The van der Waals surface area contributed by atoms with Crippen LogP contribution in [0.4, 0.5) is 4.39 Å². The monoisotopic (exact) mass is 346 g/mol. The number of carbonyl (C=O) groups excluding carboxylic acids is 2. The molecule has 0 N–H and O–H groups in total. The fourth-order valence-corrected chi connectivity index (χ4v) is 4.61. The maximum Gasteiger partial charge on any atom is 0.163 e. The number of benzene rings is 2. The van der Waals surface area contributed by atoms with Gasteiger partial charge in [-0.2, -0.15) is 0 Å². The molecule has 1 aliphatic heterocycles. The van der Waals surface area contributed by atoms with E-state index in [9.17, 15) is 14.0 Å². The zero-order valence-corrected chi connectivity index (χ0v) is 14.0. The van der Waals surface area contributed by atoms with Crippen molar-refractivity contribution >= 4 is 35.1 Å². The Bertz CT molecular complexity index is 741. The van der Waals surface area contributed by atoms with Gasteiger partial charge < -0.3 is 0 Å². The lowest BCUT2D eigenvalue weighted by Gasteiger charge is -2.15. The molecule has 3 rings (SSSR count). The molecule has 0 atom stereocenters. The zero-order chi connectivity index (χ0) is 16.2. The first kappa shape index (κ1) is 16.3. The number of Topliss-reactive ketones (excluding diaryl/α,β-unsaturated/α-hetero) is 2. The second kappa shape index (κ2) is 7.32. The van der Waals surface area contributed by atoms with E-state index in [0.29, 0.717) is 11.1 Å². The van der Waals surface area contributed by atoms with E-state index in [2.05, 4.69) is 0 Å². The molecule has 0 saturated carbocycles. The number of thioether (sulfide) groups is 2. The third-order valence-corrected chi connectivity index (χ3v) is 6.13. The van der Waals surface area contributed by atoms with Gasteiger partial charge in [0.1, 0.15) is 5.82 Å². The van der Waals surface area contributed by atoms with Crippen molar-refractivity contribution in [2.45, 2.75) is 22.6 Å². The number of halogens is 1. The topological polar surface area (TPSA) is 34.1 Å². The molecule has 2 aromatic rings. The molecule has 0 bridgehead atoms. The van der Waals surface area contributed by atoms with Crippen LogP contribution in [0.5, 0.6) is 0 Å². The largest absolute Gasteiger partial charge is 0.294 e. The van der Waals surface area contributed by atoms with Gasteiger partial charge in [0.2, 0.25) is 0 Å². The van der Waals surface area contributed by atoms with Gasteiger partial charge in [0, 0.05) is 45.3 Å². The molecule has 0 amide bonds. The van der Waals surface area contributed by atoms with Gasteiger partial charge in [-0.05, 0) is 36.4 Å². The van der Waals surface area contributed by atoms with Crippen molar-refractivity contribution in [1.29, 1.82) is 0 Å². The minimum atomic E-state index is -0.373. The average Bonchev–Trinajstić information content (AvgIpc) is 2.59. The minimum Gasteiger partial charge on any atom is -0.294 e. The lowest BCUT2D eigenvalue weighted by atomic mass is 10.0. The first-order valence-corrected chi connectivity index (χ1v) is 9.32. The van der Waals surface area contributed by atoms with Gasteiger partial charge in [-0.1, -0.05) is 6.07 Å². The molecule has 2 nitrogen and oxygen atoms in total. The van der Waals surface area contributed by atoms with Crippen LogP contribution in [-0.2, 0) is 0 Å². The maximum atomic E-state index is 12.9. The van der Waals surface area contributed by atoms with Gasteiger partial charge in [-0.15, -0.1) is 23.5 Å². The van der Waals surface area contributed by atoms with Crippen molar-refractivity contribution in [3.05, 3.63) is 59.4 Å². The van der Waals surface area contributed by atoms with Crippen molar-refractivity contribution in [2.75, 3.05) is 11.5 Å². The lowest BCUT2D eigenvalue weighted by Crippen LogP contribution is -2.06. The first-order chi connectivity index (χ1) is 11.1. The normalized spacial score (nSPS) is 13.4. The van der Waals surface area contributed by atoms with E-state index in [1.54, 1.807) is 11.8 Å².